The van der Waals surface area contributed by atoms with Crippen molar-refractivity contribution >= 4 is 76.3 Å². The van der Waals surface area contributed by atoms with E-state index in [0.29, 0.717) is 0 Å². The maximum Gasteiger partial charge on any atom is 0.0902 e. The molecule has 74 valence electrons. The second-order valence-corrected chi connectivity index (χ2v) is 6.50. The first-order valence-electron chi connectivity index (χ1n) is 3.71. The molecule has 3 aromatic rings. The molecule has 6 N–H and O–H groups in total. The van der Waals surface area contributed by atoms with Gasteiger partial charge >= 0.3 is 0 Å². The minimum Gasteiger partial charge on any atom is -0.396 e. The quantitative estimate of drug-likeness (QED) is 0.370. The van der Waals surface area contributed by atoms with Crippen LogP contribution in [-0.2, 0) is 0 Å². The molecule has 0 saturated carbocycles. The van der Waals surface area contributed by atoms with Crippen molar-refractivity contribution in [1.29, 1.82) is 0 Å². The van der Waals surface area contributed by atoms with Crippen LogP contribution in [-0.4, -0.2) is 7.53 Å². The van der Waals surface area contributed by atoms with E-state index in [9.17, 15) is 0 Å². The van der Waals surface area contributed by atoms with Gasteiger partial charge in [0.25, 0.3) is 0 Å². The number of rotatable bonds is 0. The third-order valence-corrected chi connectivity index (χ3v) is 6.07. The summed E-state index contributed by atoms with van der Waals surface area (Å²) in [6.07, 6.45) is 0. The van der Waals surface area contributed by atoms with Crippen LogP contribution in [0.15, 0.2) is 0 Å². The van der Waals surface area contributed by atoms with Crippen molar-refractivity contribution in [2.45, 2.75) is 0 Å². The summed E-state index contributed by atoms with van der Waals surface area (Å²) < 4.78 is 10.4. The van der Waals surface area contributed by atoms with Crippen molar-refractivity contribution in [3.63, 3.8) is 0 Å². The third-order valence-electron chi connectivity index (χ3n) is 1.97. The van der Waals surface area contributed by atoms with Crippen molar-refractivity contribution in [3.8, 4) is 0 Å². The van der Waals surface area contributed by atoms with E-state index in [1.807, 2.05) is 0 Å². The van der Waals surface area contributed by atoms with Crippen molar-refractivity contribution < 1.29 is 0 Å². The molecule has 2 heterocycles. The number of hydrogen-bond acceptors (Lipinski definition) is 6. The molecule has 0 aliphatic rings. The number of nitrogens with one attached hydrogen (secondary N) is 2. The molecule has 0 amide bonds. The minimum absolute atomic E-state index is 0.828. The Kier molecular flexibility index (Phi) is 1.78. The summed E-state index contributed by atoms with van der Waals surface area (Å²) >= 11 is 6.13. The molecule has 0 bridgehead atoms. The Morgan fingerprint density at radius 2 is 0.929 bits per heavy atom. The topological polar surface area (TPSA) is 83.6 Å². The Morgan fingerprint density at radius 3 is 1.21 bits per heavy atom. The second-order valence-electron chi connectivity index (χ2n) is 2.72. The van der Waals surface area contributed by atoms with Crippen LogP contribution in [0.3, 0.4) is 0 Å². The van der Waals surface area contributed by atoms with E-state index < -0.39 is 0 Å². The van der Waals surface area contributed by atoms with Gasteiger partial charge in [-0.3, -0.25) is 7.53 Å². The van der Waals surface area contributed by atoms with E-state index in [2.05, 4.69) is 7.53 Å². The van der Waals surface area contributed by atoms with Gasteiger partial charge in [-0.15, -0.1) is 0 Å². The second kappa shape index (κ2) is 2.89. The molecular weight excluding hydrogens is 256 g/mol. The molecule has 8 heteroatoms. The summed E-state index contributed by atoms with van der Waals surface area (Å²) in [7, 11) is 0. The summed E-state index contributed by atoms with van der Waals surface area (Å²) in [5.74, 6) is 0. The zero-order valence-electron chi connectivity index (χ0n) is 6.79. The third kappa shape index (κ3) is 0.962. The van der Waals surface area contributed by atoms with E-state index in [1.54, 1.807) is 0 Å². The van der Waals surface area contributed by atoms with Crippen LogP contribution in [0.2, 0.25) is 0 Å². The van der Waals surface area contributed by atoms with Gasteiger partial charge in [0, 0.05) is 0 Å². The van der Waals surface area contributed by atoms with Crippen molar-refractivity contribution in [1.82, 2.24) is 7.53 Å². The first kappa shape index (κ1) is 8.60. The number of aromatic amines is 2. The summed E-state index contributed by atoms with van der Waals surface area (Å²) in [5.41, 5.74) is 13.8. The van der Waals surface area contributed by atoms with E-state index in [1.165, 1.54) is 46.1 Å². The van der Waals surface area contributed by atoms with E-state index >= 15 is 0 Å². The first-order chi connectivity index (χ1) is 6.79. The molecule has 0 atom stereocenters. The van der Waals surface area contributed by atoms with Crippen LogP contribution in [0.4, 0.5) is 11.4 Å². The maximum atomic E-state index is 6.05. The van der Waals surface area contributed by atoms with E-state index in [-0.39, 0.29) is 0 Å². The molecule has 2 aromatic heterocycles. The SMILES string of the molecule is Nc1c2s[nH]sc2c(N)c2s[nH]sc12. The highest BCUT2D eigenvalue weighted by Gasteiger charge is 2.13. The highest BCUT2D eigenvalue weighted by atomic mass is 32.2. The lowest BCUT2D eigenvalue weighted by atomic mass is 10.3. The Bertz CT molecular complexity index is 524. The molecule has 4 nitrogen and oxygen atoms in total. The normalized spacial score (nSPS) is 11.4. The smallest absolute Gasteiger partial charge is 0.0902 e. The molecule has 0 aliphatic heterocycles. The van der Waals surface area contributed by atoms with Gasteiger partial charge < -0.3 is 11.5 Å². The molecule has 0 unspecified atom stereocenters. The maximum absolute atomic E-state index is 6.05. The van der Waals surface area contributed by atoms with Crippen molar-refractivity contribution in [2.24, 2.45) is 0 Å². The molecule has 0 saturated heterocycles. The summed E-state index contributed by atoms with van der Waals surface area (Å²) in [4.78, 5) is 0. The number of nitrogens with two attached hydrogens (primary N) is 2. The lowest BCUT2D eigenvalue weighted by molar-refractivity contribution is 1.90. The van der Waals surface area contributed by atoms with Gasteiger partial charge in [-0.2, -0.15) is 0 Å². The average Bonchev–Trinajstić information content (AvgIpc) is 2.82. The van der Waals surface area contributed by atoms with E-state index in [0.717, 1.165) is 30.2 Å². The molecular formula is C6H6N4S4. The number of benzene rings is 1. The Labute approximate surface area is 95.1 Å². The Hall–Kier alpha value is -0.700. The number of nitrogen functional groups attached to an aromatic ring is 2. The zero-order valence-corrected chi connectivity index (χ0v) is 10.1. The molecule has 0 fully saturated rings. The van der Waals surface area contributed by atoms with Crippen LogP contribution in [0.5, 0.6) is 0 Å². The van der Waals surface area contributed by atoms with Gasteiger partial charge in [0.2, 0.25) is 0 Å². The number of H-pyrrole nitrogens is 2. The predicted octanol–water partition coefficient (Wildman–Crippen LogP) is 3.18. The molecule has 1 aromatic carbocycles. The average molecular weight is 262 g/mol. The first-order valence-corrected chi connectivity index (χ1v) is 6.98. The lowest BCUT2D eigenvalue weighted by Gasteiger charge is -1.99. The standard InChI is InChI=1S/C6H6N4S4/c7-1-3-5(13-9-11-3)2(8)6-4(1)12-10-14-6/h9-10H,7-8H2. The Balaban J connectivity index is 2.72. The molecule has 0 aliphatic carbocycles. The monoisotopic (exact) mass is 262 g/mol. The predicted molar refractivity (Wildman–Crippen MR) is 68.1 cm³/mol. The fourth-order valence-electron chi connectivity index (χ4n) is 1.31. The van der Waals surface area contributed by atoms with Crippen molar-refractivity contribution in [2.75, 3.05) is 11.5 Å². The van der Waals surface area contributed by atoms with Crippen LogP contribution in [0, 0.1) is 0 Å². The van der Waals surface area contributed by atoms with Crippen molar-refractivity contribution in [3.05, 3.63) is 0 Å². The molecule has 0 radical (unpaired) electrons. The fourth-order valence-corrected chi connectivity index (χ4v) is 5.26. The molecule has 0 spiro atoms. The van der Waals surface area contributed by atoms with Gasteiger partial charge in [0.1, 0.15) is 0 Å². The van der Waals surface area contributed by atoms with Gasteiger partial charge in [-0.05, 0) is 46.1 Å². The summed E-state index contributed by atoms with van der Waals surface area (Å²) in [6, 6.07) is 0. The van der Waals surface area contributed by atoms with Crippen LogP contribution in [0.25, 0.3) is 18.8 Å². The van der Waals surface area contributed by atoms with Gasteiger partial charge in [0.15, 0.2) is 0 Å². The van der Waals surface area contributed by atoms with Gasteiger partial charge in [-0.25, -0.2) is 0 Å². The van der Waals surface area contributed by atoms with Gasteiger partial charge in [-0.1, -0.05) is 0 Å². The van der Waals surface area contributed by atoms with Crippen LogP contribution in [0.1, 0.15) is 0 Å². The fraction of sp³-hybridized carbons (Fsp3) is 0. The number of hydrogen-bond donors (Lipinski definition) is 4. The molecule has 14 heavy (non-hydrogen) atoms. The highest BCUT2D eigenvalue weighted by molar-refractivity contribution is 7.34. The summed E-state index contributed by atoms with van der Waals surface area (Å²) in [5, 5.41) is 0. The summed E-state index contributed by atoms with van der Waals surface area (Å²) in [6.45, 7) is 0. The Morgan fingerprint density at radius 1 is 0.643 bits per heavy atom. The van der Waals surface area contributed by atoms with Crippen LogP contribution >= 0.6 is 46.1 Å². The highest BCUT2D eigenvalue weighted by Crippen LogP contribution is 2.43. The number of aromatic nitrogens is 2. The lowest BCUT2D eigenvalue weighted by Crippen LogP contribution is -1.89. The number of fused-ring (bicyclic) bond motifs is 2. The molecule has 3 rings (SSSR count). The largest absolute Gasteiger partial charge is 0.396 e. The zero-order chi connectivity index (χ0) is 9.71. The minimum atomic E-state index is 0.828. The van der Waals surface area contributed by atoms with Gasteiger partial charge in [0.05, 0.1) is 30.2 Å². The van der Waals surface area contributed by atoms with E-state index in [4.69, 9.17) is 11.5 Å². The number of anilines is 2. The van der Waals surface area contributed by atoms with Crippen LogP contribution < -0.4 is 11.5 Å².